The Hall–Kier alpha value is -13.8. The number of nitrogens with two attached hydrogens (primary N) is 1. The molecule has 0 bridgehead atoms. The number of nitrogens with zero attached hydrogens (tertiary/aromatic N) is 2. The number of ether oxygens (including phenoxy) is 1. The van der Waals surface area contributed by atoms with Gasteiger partial charge in [0.25, 0.3) is 0 Å². The summed E-state index contributed by atoms with van der Waals surface area (Å²) in [5, 5.41) is 14.1. The molecule has 7 heteroatoms. The van der Waals surface area contributed by atoms with E-state index in [4.69, 9.17) is 15.5 Å². The molecule has 0 saturated heterocycles. The molecule has 114 heavy (non-hydrogen) atoms. The lowest BCUT2D eigenvalue weighted by molar-refractivity contribution is 0.483. The molecule has 0 unspecified atom stereocenters. The number of fused-ring (bicyclic) bond motifs is 3. The summed E-state index contributed by atoms with van der Waals surface area (Å²) in [6.45, 7) is 16.1. The highest BCUT2D eigenvalue weighted by Gasteiger charge is 2.42. The highest BCUT2D eigenvalue weighted by Crippen LogP contribution is 2.53. The number of hydrogen-bond donors (Lipinski definition) is 4. The molecular weight excluding hydrogens is 1390 g/mol. The molecule has 0 fully saturated rings. The van der Waals surface area contributed by atoms with Crippen LogP contribution in [0.3, 0.4) is 0 Å². The smallest absolute Gasteiger partial charge is 0.137 e. The monoisotopic (exact) mass is 1480 g/mol. The zero-order valence-corrected chi connectivity index (χ0v) is 65.6. The normalized spacial score (nSPS) is 11.9. The van der Waals surface area contributed by atoms with E-state index < -0.39 is 21.7 Å². The summed E-state index contributed by atoms with van der Waals surface area (Å²) >= 11 is 0. The van der Waals surface area contributed by atoms with E-state index in [2.05, 4.69) is 445 Å². The van der Waals surface area contributed by atoms with Gasteiger partial charge in [-0.15, -0.1) is 0 Å². The lowest BCUT2D eigenvalue weighted by Crippen LogP contribution is -2.31. The van der Waals surface area contributed by atoms with Crippen molar-refractivity contribution in [3.8, 4) is 17.3 Å². The van der Waals surface area contributed by atoms with Crippen molar-refractivity contribution in [2.45, 2.75) is 75.5 Å². The van der Waals surface area contributed by atoms with E-state index in [9.17, 15) is 0 Å². The first-order valence-corrected chi connectivity index (χ1v) is 39.4. The maximum Gasteiger partial charge on any atom is 0.137 e. The van der Waals surface area contributed by atoms with Crippen LogP contribution >= 0.6 is 0 Å². The standard InChI is InChI=1S/C67H58N4O.C40H36N2/c1-65(2,3)51-42-43-68-63(44-51)71-61-39-21-18-34-55(61)56-41-40-54(46-62(56)71)72-53-33-22-32-52(45-53)69-59-37-19-20-38-60(59)70-64-57(66(4,47-24-10-6-11-25-47)48-26-12-7-13-27-48)35-23-36-58(64)67(5,49-28-14-8-15-29-49)50-30-16-9-17-31-50;1-39(30-18-7-3-8-19-30,31-20-9-4-10-21-31)34-26-17-27-35(38(34)42-37-29-16-15-28-36(37)41)40(2,32-22-11-5-12-23-32)33-24-13-6-14-25-33/h6-46,69-70H,1-5H3;3-29,42H,41H2,1-2H3. The Kier molecular flexibility index (Phi) is 20.8. The van der Waals surface area contributed by atoms with Gasteiger partial charge in [-0.1, -0.05) is 348 Å². The molecule has 0 aliphatic carbocycles. The average molecular weight is 1480 g/mol. The van der Waals surface area contributed by atoms with E-state index in [1.54, 1.807) is 0 Å². The van der Waals surface area contributed by atoms with E-state index in [0.717, 1.165) is 79.0 Å². The van der Waals surface area contributed by atoms with E-state index in [0.29, 0.717) is 5.69 Å². The number of nitrogen functional groups attached to an aromatic ring is 1. The molecule has 17 rings (SSSR count). The first-order chi connectivity index (χ1) is 55.6. The number of aromatic nitrogens is 2. The maximum atomic E-state index is 6.74. The molecular formula is C107H94N6O. The van der Waals surface area contributed by atoms with Gasteiger partial charge >= 0.3 is 0 Å². The summed E-state index contributed by atoms with van der Waals surface area (Å²) in [5.41, 5.74) is 28.7. The Morgan fingerprint density at radius 1 is 0.272 bits per heavy atom. The minimum absolute atomic E-state index is 0.0218. The molecule has 0 radical (unpaired) electrons. The lowest BCUT2D eigenvalue weighted by atomic mass is 9.66. The minimum atomic E-state index is -0.548. The van der Waals surface area contributed by atoms with Crippen LogP contribution in [0, 0.1) is 0 Å². The van der Waals surface area contributed by atoms with Crippen LogP contribution in [0.2, 0.25) is 0 Å². The van der Waals surface area contributed by atoms with Gasteiger partial charge in [0.15, 0.2) is 0 Å². The highest BCUT2D eigenvalue weighted by molar-refractivity contribution is 6.09. The van der Waals surface area contributed by atoms with Crippen molar-refractivity contribution in [1.82, 2.24) is 9.55 Å². The molecule has 17 aromatic rings. The van der Waals surface area contributed by atoms with Crippen LogP contribution in [-0.4, -0.2) is 9.55 Å². The summed E-state index contributed by atoms with van der Waals surface area (Å²) in [4.78, 5) is 4.89. The van der Waals surface area contributed by atoms with Crippen molar-refractivity contribution in [2.24, 2.45) is 0 Å². The Morgan fingerprint density at radius 3 is 1.01 bits per heavy atom. The third kappa shape index (κ3) is 14.4. The second-order valence-electron chi connectivity index (χ2n) is 31.2. The highest BCUT2D eigenvalue weighted by atomic mass is 16.5. The van der Waals surface area contributed by atoms with Crippen molar-refractivity contribution in [3.05, 3.63) is 485 Å². The molecule has 0 aliphatic rings. The predicted octanol–water partition coefficient (Wildman–Crippen LogP) is 27.2. The summed E-state index contributed by atoms with van der Waals surface area (Å²) in [6.07, 6.45) is 1.92. The molecule has 15 aromatic carbocycles. The number of hydrogen-bond acceptors (Lipinski definition) is 6. The van der Waals surface area contributed by atoms with Crippen molar-refractivity contribution in [2.75, 3.05) is 21.7 Å². The molecule has 0 saturated carbocycles. The quantitative estimate of drug-likeness (QED) is 0.0423. The number of rotatable bonds is 21. The van der Waals surface area contributed by atoms with Crippen LogP contribution in [0.4, 0.5) is 39.8 Å². The number of nitrogens with one attached hydrogen (secondary N) is 3. The van der Waals surface area contributed by atoms with Crippen LogP contribution in [0.1, 0.15) is 121 Å². The summed E-state index contributed by atoms with van der Waals surface area (Å²) < 4.78 is 8.99. The second kappa shape index (κ2) is 31.9. The topological polar surface area (TPSA) is 89.2 Å². The van der Waals surface area contributed by atoms with E-state index in [-0.39, 0.29) is 5.41 Å². The van der Waals surface area contributed by atoms with E-state index >= 15 is 0 Å². The van der Waals surface area contributed by atoms with Gasteiger partial charge in [-0.05, 0) is 172 Å². The summed E-state index contributed by atoms with van der Waals surface area (Å²) in [5.74, 6) is 2.34. The zero-order chi connectivity index (χ0) is 78.3. The molecule has 2 aromatic heterocycles. The number of anilines is 7. The molecule has 0 aliphatic heterocycles. The molecule has 0 amide bonds. The van der Waals surface area contributed by atoms with Crippen molar-refractivity contribution < 1.29 is 4.74 Å². The maximum absolute atomic E-state index is 6.74. The first kappa shape index (κ1) is 74.3. The first-order valence-electron chi connectivity index (χ1n) is 39.4. The fraction of sp³-hybridized carbons (Fsp3) is 0.112. The van der Waals surface area contributed by atoms with Gasteiger partial charge in [0.2, 0.25) is 0 Å². The van der Waals surface area contributed by atoms with Crippen molar-refractivity contribution >= 4 is 61.6 Å². The van der Waals surface area contributed by atoms with Crippen LogP contribution < -0.4 is 26.4 Å². The SMILES string of the molecule is CC(C)(C)c1ccnc(-n2c3ccccc3c3ccc(Oc4cccc(Nc5ccccc5Nc5c(C(C)(c6ccccc6)c6ccccc6)cccc5C(C)(c5ccccc5)c5ccccc5)c4)cc32)c1.CC(c1ccccc1)(c1ccccc1)c1cccc(C(C)(c2ccccc2)c2ccccc2)c1Nc1ccccc1N. The van der Waals surface area contributed by atoms with Gasteiger partial charge in [-0.2, -0.15) is 0 Å². The molecule has 7 nitrogen and oxygen atoms in total. The Bertz CT molecular complexity index is 5770. The number of pyridine rings is 1. The van der Waals surface area contributed by atoms with Crippen LogP contribution in [0.25, 0.3) is 27.6 Å². The molecule has 2 heterocycles. The van der Waals surface area contributed by atoms with Gasteiger partial charge in [0, 0.05) is 67.8 Å². The Labute approximate surface area is 671 Å². The van der Waals surface area contributed by atoms with Gasteiger partial charge in [-0.25, -0.2) is 4.98 Å². The Balaban J connectivity index is 0.000000198. The van der Waals surface area contributed by atoms with E-state index in [1.807, 2.05) is 36.5 Å². The fourth-order valence-electron chi connectivity index (χ4n) is 16.9. The van der Waals surface area contributed by atoms with Crippen molar-refractivity contribution in [3.63, 3.8) is 0 Å². The second-order valence-corrected chi connectivity index (χ2v) is 31.2. The predicted molar refractivity (Wildman–Crippen MR) is 478 cm³/mol. The third-order valence-electron chi connectivity index (χ3n) is 23.3. The average Bonchev–Trinajstić information content (AvgIpc) is 0.893. The summed E-state index contributed by atoms with van der Waals surface area (Å²) in [6, 6.07) is 144. The third-order valence-corrected chi connectivity index (χ3v) is 23.3. The minimum Gasteiger partial charge on any atom is -0.457 e. The van der Waals surface area contributed by atoms with Crippen LogP contribution in [0.5, 0.6) is 11.5 Å². The molecule has 0 atom stereocenters. The van der Waals surface area contributed by atoms with E-state index in [1.165, 1.54) is 66.6 Å². The molecule has 5 N–H and O–H groups in total. The lowest BCUT2D eigenvalue weighted by Gasteiger charge is -2.39. The number of benzene rings is 15. The molecule has 558 valence electrons. The van der Waals surface area contributed by atoms with Gasteiger partial charge < -0.3 is 26.4 Å². The Morgan fingerprint density at radius 2 is 0.605 bits per heavy atom. The summed E-state index contributed by atoms with van der Waals surface area (Å²) in [7, 11) is 0. The largest absolute Gasteiger partial charge is 0.457 e. The van der Waals surface area contributed by atoms with Gasteiger partial charge in [-0.3, -0.25) is 4.57 Å². The zero-order valence-electron chi connectivity index (χ0n) is 65.6. The van der Waals surface area contributed by atoms with Crippen LogP contribution in [0.15, 0.2) is 413 Å². The van der Waals surface area contributed by atoms with Gasteiger partial charge in [0.1, 0.15) is 17.3 Å². The number of para-hydroxylation sites is 7. The van der Waals surface area contributed by atoms with Crippen LogP contribution in [-0.2, 0) is 27.1 Å². The molecule has 0 spiro atoms. The van der Waals surface area contributed by atoms with Gasteiger partial charge in [0.05, 0.1) is 33.8 Å². The fourth-order valence-corrected chi connectivity index (χ4v) is 16.9. The van der Waals surface area contributed by atoms with Crippen molar-refractivity contribution in [1.29, 1.82) is 0 Å².